The Hall–Kier alpha value is -1.94. The van der Waals surface area contributed by atoms with Gasteiger partial charge in [-0.15, -0.1) is 0 Å². The molecule has 3 nitrogen and oxygen atoms in total. The number of nitrogens with one attached hydrogen (secondary N) is 1. The van der Waals surface area contributed by atoms with Crippen molar-refractivity contribution in [1.29, 1.82) is 0 Å². The second kappa shape index (κ2) is 7.12. The fourth-order valence-corrected chi connectivity index (χ4v) is 4.49. The predicted octanol–water partition coefficient (Wildman–Crippen LogP) is 5.36. The lowest BCUT2D eigenvalue weighted by molar-refractivity contribution is 0.753. The van der Waals surface area contributed by atoms with Gasteiger partial charge >= 0.3 is 0 Å². The molecule has 1 aliphatic heterocycles. The van der Waals surface area contributed by atoms with Gasteiger partial charge in [0.25, 0.3) is 0 Å². The molecule has 0 radical (unpaired) electrons. The van der Waals surface area contributed by atoms with Gasteiger partial charge in [-0.25, -0.2) is 4.98 Å². The fraction of sp³-hybridized carbons (Fsp3) is 0.333. The van der Waals surface area contributed by atoms with Gasteiger partial charge in [-0.2, -0.15) is 0 Å². The van der Waals surface area contributed by atoms with Crippen molar-refractivity contribution in [3.05, 3.63) is 63.3 Å². The molecule has 1 N–H and O–H groups in total. The van der Waals surface area contributed by atoms with Gasteiger partial charge < -0.3 is 5.32 Å². The van der Waals surface area contributed by atoms with Crippen molar-refractivity contribution in [1.82, 2.24) is 4.98 Å². The number of hydrogen-bond acceptors (Lipinski definition) is 3. The Bertz CT molecular complexity index is 854. The van der Waals surface area contributed by atoms with Gasteiger partial charge in [-0.1, -0.05) is 41.1 Å². The Morgan fingerprint density at radius 1 is 1.24 bits per heavy atom. The first-order valence-corrected chi connectivity index (χ1v) is 9.77. The maximum absolute atomic E-state index is 4.92. The van der Waals surface area contributed by atoms with E-state index in [1.807, 2.05) is 6.21 Å². The number of nitrogens with zero attached hydrogens (tertiary/aromatic N) is 2. The number of hydrogen-bond donors (Lipinski definition) is 1. The summed E-state index contributed by atoms with van der Waals surface area (Å²) in [6, 6.07) is 11.1. The molecular weight excluding hydrogens is 374 g/mol. The largest absolute Gasteiger partial charge is 0.363 e. The van der Waals surface area contributed by atoms with Gasteiger partial charge in [0.1, 0.15) is 5.82 Å². The van der Waals surface area contributed by atoms with E-state index in [1.54, 1.807) is 0 Å². The number of aliphatic imine (C=N–C) groups is 1. The highest BCUT2D eigenvalue weighted by Crippen LogP contribution is 2.38. The van der Waals surface area contributed by atoms with E-state index in [9.17, 15) is 0 Å². The lowest BCUT2D eigenvalue weighted by Gasteiger charge is -2.18. The number of allylic oxidation sites excluding steroid dienone is 1. The molecule has 128 valence electrons. The number of fused-ring (bicyclic) bond motifs is 1. The van der Waals surface area contributed by atoms with Crippen LogP contribution in [0.1, 0.15) is 48.2 Å². The summed E-state index contributed by atoms with van der Waals surface area (Å²) >= 11 is 3.71. The van der Waals surface area contributed by atoms with Crippen LogP contribution in [0.25, 0.3) is 5.57 Å². The van der Waals surface area contributed by atoms with Crippen LogP contribution >= 0.6 is 15.9 Å². The lowest BCUT2D eigenvalue weighted by Crippen LogP contribution is -2.10. The molecule has 1 atom stereocenters. The molecule has 4 heteroatoms. The molecule has 0 fully saturated rings. The summed E-state index contributed by atoms with van der Waals surface area (Å²) in [5.74, 6) is 0.972. The summed E-state index contributed by atoms with van der Waals surface area (Å²) in [4.78, 5) is 9.21. The first-order chi connectivity index (χ1) is 12.3. The van der Waals surface area contributed by atoms with Gasteiger partial charge in [0, 0.05) is 17.1 Å². The van der Waals surface area contributed by atoms with Crippen LogP contribution in [0.5, 0.6) is 0 Å². The van der Waals surface area contributed by atoms with Crippen LogP contribution in [0.4, 0.5) is 5.82 Å². The minimum atomic E-state index is 0.328. The van der Waals surface area contributed by atoms with E-state index in [4.69, 9.17) is 4.98 Å². The van der Waals surface area contributed by atoms with Crippen molar-refractivity contribution in [2.24, 2.45) is 4.99 Å². The average molecular weight is 396 g/mol. The molecule has 0 bridgehead atoms. The standard InChI is InChI=1S/C21H22BrN3/c1-2-18-16(14-10-12-23-13-11-14)7-9-20(24-18)25-19-8-6-15-4-3-5-17(22)21(15)19/h3-5,7,9-10,13,19H,2,6,8,11-12H2,1H3,(H,24,25). The Morgan fingerprint density at radius 3 is 2.96 bits per heavy atom. The van der Waals surface area contributed by atoms with Crippen molar-refractivity contribution in [3.63, 3.8) is 0 Å². The highest BCUT2D eigenvalue weighted by Gasteiger charge is 2.25. The Balaban J connectivity index is 1.60. The number of benzene rings is 1. The third kappa shape index (κ3) is 3.28. The van der Waals surface area contributed by atoms with Crippen LogP contribution in [0, 0.1) is 0 Å². The van der Waals surface area contributed by atoms with E-state index < -0.39 is 0 Å². The number of pyridine rings is 1. The van der Waals surface area contributed by atoms with Crippen molar-refractivity contribution in [2.75, 3.05) is 11.9 Å². The fourth-order valence-electron chi connectivity index (χ4n) is 3.80. The zero-order chi connectivity index (χ0) is 17.2. The Labute approximate surface area is 157 Å². The molecule has 1 unspecified atom stereocenters. The summed E-state index contributed by atoms with van der Waals surface area (Å²) in [7, 11) is 0. The Kier molecular flexibility index (Phi) is 4.71. The van der Waals surface area contributed by atoms with Gasteiger partial charge in [0.05, 0.1) is 18.3 Å². The normalized spacial score (nSPS) is 18.8. The summed E-state index contributed by atoms with van der Waals surface area (Å²) in [6.45, 7) is 2.96. The highest BCUT2D eigenvalue weighted by atomic mass is 79.9. The third-order valence-corrected chi connectivity index (χ3v) is 5.75. The van der Waals surface area contributed by atoms with Crippen molar-refractivity contribution in [3.8, 4) is 0 Å². The third-order valence-electron chi connectivity index (χ3n) is 5.05. The first-order valence-electron chi connectivity index (χ1n) is 8.97. The van der Waals surface area contributed by atoms with Crippen molar-refractivity contribution >= 4 is 33.5 Å². The van der Waals surface area contributed by atoms with Crippen LogP contribution in [0.15, 0.2) is 45.9 Å². The van der Waals surface area contributed by atoms with Crippen LogP contribution in [0.2, 0.25) is 0 Å². The van der Waals surface area contributed by atoms with E-state index in [1.165, 1.54) is 26.7 Å². The monoisotopic (exact) mass is 395 g/mol. The number of aryl methyl sites for hydroxylation is 2. The van der Waals surface area contributed by atoms with Gasteiger partial charge in [-0.3, -0.25) is 4.99 Å². The van der Waals surface area contributed by atoms with E-state index in [-0.39, 0.29) is 0 Å². The maximum atomic E-state index is 4.92. The molecule has 4 rings (SSSR count). The topological polar surface area (TPSA) is 37.3 Å². The molecule has 2 heterocycles. The van der Waals surface area contributed by atoms with Crippen molar-refractivity contribution < 1.29 is 0 Å². The number of dihydropyridines is 1. The molecule has 1 aliphatic carbocycles. The van der Waals surface area contributed by atoms with E-state index >= 15 is 0 Å². The summed E-state index contributed by atoms with van der Waals surface area (Å²) in [5.41, 5.74) is 6.60. The Morgan fingerprint density at radius 2 is 2.16 bits per heavy atom. The van der Waals surface area contributed by atoms with Gasteiger partial charge in [0.2, 0.25) is 0 Å². The number of halogens is 1. The highest BCUT2D eigenvalue weighted by molar-refractivity contribution is 9.10. The second-order valence-electron chi connectivity index (χ2n) is 6.57. The van der Waals surface area contributed by atoms with Crippen LogP contribution in [-0.2, 0) is 12.8 Å². The minimum absolute atomic E-state index is 0.328. The SMILES string of the molecule is CCc1nc(NC2CCc3cccc(Br)c32)ccc1C1=CCN=CC1. The zero-order valence-electron chi connectivity index (χ0n) is 14.4. The van der Waals surface area contributed by atoms with E-state index in [0.717, 1.165) is 43.7 Å². The van der Waals surface area contributed by atoms with Crippen LogP contribution in [-0.4, -0.2) is 17.7 Å². The molecule has 0 spiro atoms. The molecule has 2 aliphatic rings. The van der Waals surface area contributed by atoms with Crippen LogP contribution < -0.4 is 5.32 Å². The summed E-state index contributed by atoms with van der Waals surface area (Å²) in [5, 5.41) is 3.66. The lowest BCUT2D eigenvalue weighted by atomic mass is 9.98. The van der Waals surface area contributed by atoms with E-state index in [0.29, 0.717) is 6.04 Å². The molecule has 1 aromatic heterocycles. The number of rotatable bonds is 4. The molecule has 0 amide bonds. The first kappa shape index (κ1) is 16.5. The van der Waals surface area contributed by atoms with Crippen LogP contribution in [0.3, 0.4) is 0 Å². The van der Waals surface area contributed by atoms with E-state index in [2.05, 4.69) is 69.6 Å². The summed E-state index contributed by atoms with van der Waals surface area (Å²) < 4.78 is 1.19. The molecule has 25 heavy (non-hydrogen) atoms. The molecular formula is C21H22BrN3. The van der Waals surface area contributed by atoms with Crippen molar-refractivity contribution in [2.45, 2.75) is 38.6 Å². The zero-order valence-corrected chi connectivity index (χ0v) is 16.0. The molecule has 2 aromatic rings. The van der Waals surface area contributed by atoms with Gasteiger partial charge in [0.15, 0.2) is 0 Å². The van der Waals surface area contributed by atoms with Gasteiger partial charge in [-0.05, 0) is 59.7 Å². The smallest absolute Gasteiger partial charge is 0.126 e. The number of anilines is 1. The minimum Gasteiger partial charge on any atom is -0.363 e. The summed E-state index contributed by atoms with van der Waals surface area (Å²) in [6.07, 6.45) is 8.30. The maximum Gasteiger partial charge on any atom is 0.126 e. The number of aromatic nitrogens is 1. The molecule has 0 saturated heterocycles. The molecule has 0 saturated carbocycles. The average Bonchev–Trinajstić information content (AvgIpc) is 3.06. The predicted molar refractivity (Wildman–Crippen MR) is 108 cm³/mol. The molecule has 1 aromatic carbocycles. The second-order valence-corrected chi connectivity index (χ2v) is 7.43. The quantitative estimate of drug-likeness (QED) is 0.755.